The van der Waals surface area contributed by atoms with Gasteiger partial charge in [0.25, 0.3) is 0 Å². The first-order valence-corrected chi connectivity index (χ1v) is 15.2. The van der Waals surface area contributed by atoms with E-state index in [1.54, 1.807) is 6.20 Å². The SMILES string of the molecule is C=CC(/C=C\Cc1cncc(-c2ccccn2)c1)=C(C=C)\C=C/Cc1c2ccccc2c(C2C=CC=CC2)c2ccccc12. The van der Waals surface area contributed by atoms with Crippen LogP contribution in [0.1, 0.15) is 29.0 Å². The summed E-state index contributed by atoms with van der Waals surface area (Å²) in [5.41, 5.74) is 7.93. The van der Waals surface area contributed by atoms with Crippen molar-refractivity contribution in [3.05, 3.63) is 193 Å². The molecule has 1 aliphatic rings. The first-order chi connectivity index (χ1) is 21.8. The molecule has 2 heteroatoms. The Labute approximate surface area is 260 Å². The summed E-state index contributed by atoms with van der Waals surface area (Å²) in [5, 5.41) is 5.33. The molecule has 6 rings (SSSR count). The van der Waals surface area contributed by atoms with E-state index in [0.29, 0.717) is 5.92 Å². The maximum Gasteiger partial charge on any atom is 0.0717 e. The topological polar surface area (TPSA) is 25.8 Å². The second-order valence-electron chi connectivity index (χ2n) is 11.0. The van der Waals surface area contributed by atoms with Crippen molar-refractivity contribution in [2.24, 2.45) is 0 Å². The molecule has 0 bridgehead atoms. The van der Waals surface area contributed by atoms with Crippen LogP contribution in [0.5, 0.6) is 0 Å². The van der Waals surface area contributed by atoms with E-state index in [0.717, 1.165) is 47.2 Å². The van der Waals surface area contributed by atoms with Crippen molar-refractivity contribution >= 4 is 21.5 Å². The molecular weight excluding hydrogens is 532 g/mol. The number of fused-ring (bicyclic) bond motifs is 2. The third-order valence-corrected chi connectivity index (χ3v) is 8.24. The van der Waals surface area contributed by atoms with Gasteiger partial charge in [0.1, 0.15) is 0 Å². The van der Waals surface area contributed by atoms with E-state index in [9.17, 15) is 0 Å². The Morgan fingerprint density at radius 2 is 1.41 bits per heavy atom. The van der Waals surface area contributed by atoms with Gasteiger partial charge in [-0.05, 0) is 86.8 Å². The first kappa shape index (κ1) is 28.8. The van der Waals surface area contributed by atoms with Crippen LogP contribution in [0.2, 0.25) is 0 Å². The van der Waals surface area contributed by atoms with Gasteiger partial charge in [-0.1, -0.05) is 129 Å². The Hall–Kier alpha value is -5.34. The molecule has 0 amide bonds. The molecule has 3 aromatic carbocycles. The van der Waals surface area contributed by atoms with Crippen LogP contribution in [0.15, 0.2) is 176 Å². The molecule has 2 nitrogen and oxygen atoms in total. The standard InChI is InChI=1S/C42H36N2/c1-3-32(19-14-16-31-28-35(30-43-29-31)41-26-12-13-27-44-41)33(4-2)20-15-25-36-37-21-8-10-23-39(37)42(34-17-6-5-7-18-34)40-24-11-9-22-38(36)40/h3-15,17,19-24,26-30,34H,1-2,16,18,25H2/b19-14-,20-15-,33-32+. The number of rotatable bonds is 10. The highest BCUT2D eigenvalue weighted by Gasteiger charge is 2.18. The minimum Gasteiger partial charge on any atom is -0.264 e. The average Bonchev–Trinajstić information content (AvgIpc) is 3.09. The molecule has 0 saturated heterocycles. The van der Waals surface area contributed by atoms with Crippen LogP contribution in [-0.4, -0.2) is 9.97 Å². The van der Waals surface area contributed by atoms with E-state index in [-0.39, 0.29) is 0 Å². The van der Waals surface area contributed by atoms with E-state index in [1.807, 2.05) is 42.7 Å². The zero-order valence-corrected chi connectivity index (χ0v) is 24.9. The minimum absolute atomic E-state index is 0.380. The number of benzene rings is 3. The Kier molecular flexibility index (Phi) is 8.99. The van der Waals surface area contributed by atoms with Gasteiger partial charge in [0, 0.05) is 30.1 Å². The van der Waals surface area contributed by atoms with E-state index in [1.165, 1.54) is 32.7 Å². The zero-order valence-electron chi connectivity index (χ0n) is 24.9. The van der Waals surface area contributed by atoms with Crippen LogP contribution in [0, 0.1) is 0 Å². The molecule has 2 aromatic heterocycles. The maximum atomic E-state index is 4.45. The first-order valence-electron chi connectivity index (χ1n) is 15.2. The van der Waals surface area contributed by atoms with Gasteiger partial charge in [-0.3, -0.25) is 9.97 Å². The van der Waals surface area contributed by atoms with Crippen LogP contribution in [0.3, 0.4) is 0 Å². The van der Waals surface area contributed by atoms with Crippen molar-refractivity contribution in [1.82, 2.24) is 9.97 Å². The fourth-order valence-corrected chi connectivity index (χ4v) is 6.13. The summed E-state index contributed by atoms with van der Waals surface area (Å²) in [6.45, 7) is 8.20. The second-order valence-corrected chi connectivity index (χ2v) is 11.0. The van der Waals surface area contributed by atoms with Gasteiger partial charge in [-0.15, -0.1) is 0 Å². The smallest absolute Gasteiger partial charge is 0.0717 e. The van der Waals surface area contributed by atoms with Gasteiger partial charge >= 0.3 is 0 Å². The Bertz CT molecular complexity index is 1910. The van der Waals surface area contributed by atoms with Crippen molar-refractivity contribution in [1.29, 1.82) is 0 Å². The third-order valence-electron chi connectivity index (χ3n) is 8.24. The molecule has 0 spiro atoms. The van der Waals surface area contributed by atoms with E-state index in [4.69, 9.17) is 0 Å². The average molecular weight is 569 g/mol. The lowest BCUT2D eigenvalue weighted by atomic mass is 9.82. The highest BCUT2D eigenvalue weighted by molar-refractivity contribution is 6.06. The lowest BCUT2D eigenvalue weighted by Gasteiger charge is -2.21. The predicted molar refractivity (Wildman–Crippen MR) is 188 cm³/mol. The summed E-state index contributed by atoms with van der Waals surface area (Å²) in [5.74, 6) is 0.380. The van der Waals surface area contributed by atoms with Crippen LogP contribution in [0.25, 0.3) is 32.8 Å². The lowest BCUT2D eigenvalue weighted by molar-refractivity contribution is 0.869. The molecular formula is C42H36N2. The second kappa shape index (κ2) is 13.8. The molecule has 1 aliphatic carbocycles. The maximum absolute atomic E-state index is 4.45. The largest absolute Gasteiger partial charge is 0.264 e. The molecule has 0 fully saturated rings. The summed E-state index contributed by atoms with van der Waals surface area (Å²) in [7, 11) is 0. The number of hydrogen-bond donors (Lipinski definition) is 0. The summed E-state index contributed by atoms with van der Waals surface area (Å²) in [6.07, 6.45) is 29.6. The number of allylic oxidation sites excluding steroid dienone is 12. The third kappa shape index (κ3) is 6.21. The lowest BCUT2D eigenvalue weighted by Crippen LogP contribution is -2.01. The summed E-state index contributed by atoms with van der Waals surface area (Å²) >= 11 is 0. The normalized spacial score (nSPS) is 15.3. The monoisotopic (exact) mass is 568 g/mol. The van der Waals surface area contributed by atoms with Crippen LogP contribution >= 0.6 is 0 Å². The van der Waals surface area contributed by atoms with E-state index in [2.05, 4.69) is 126 Å². The predicted octanol–water partition coefficient (Wildman–Crippen LogP) is 10.6. The molecule has 2 heterocycles. The molecule has 0 saturated carbocycles. The molecule has 1 unspecified atom stereocenters. The van der Waals surface area contributed by atoms with Crippen LogP contribution in [0.4, 0.5) is 0 Å². The molecule has 44 heavy (non-hydrogen) atoms. The van der Waals surface area contributed by atoms with Gasteiger partial charge in [-0.25, -0.2) is 0 Å². The number of nitrogens with zero attached hydrogens (tertiary/aromatic N) is 2. The highest BCUT2D eigenvalue weighted by atomic mass is 14.7. The molecule has 0 radical (unpaired) electrons. The van der Waals surface area contributed by atoms with Crippen molar-refractivity contribution < 1.29 is 0 Å². The van der Waals surface area contributed by atoms with Gasteiger partial charge in [0.15, 0.2) is 0 Å². The van der Waals surface area contributed by atoms with Crippen molar-refractivity contribution in [2.45, 2.75) is 25.2 Å². The molecule has 0 N–H and O–H groups in total. The number of pyridine rings is 2. The van der Waals surface area contributed by atoms with Gasteiger partial charge in [-0.2, -0.15) is 0 Å². The minimum atomic E-state index is 0.380. The highest BCUT2D eigenvalue weighted by Crippen LogP contribution is 2.40. The number of aromatic nitrogens is 2. The summed E-state index contributed by atoms with van der Waals surface area (Å²) < 4.78 is 0. The van der Waals surface area contributed by atoms with Crippen molar-refractivity contribution in [2.75, 3.05) is 0 Å². The Balaban J connectivity index is 1.27. The van der Waals surface area contributed by atoms with Crippen LogP contribution in [-0.2, 0) is 12.8 Å². The molecule has 214 valence electrons. The van der Waals surface area contributed by atoms with Gasteiger partial charge in [0.05, 0.1) is 5.69 Å². The van der Waals surface area contributed by atoms with E-state index < -0.39 is 0 Å². The fourth-order valence-electron chi connectivity index (χ4n) is 6.13. The van der Waals surface area contributed by atoms with Gasteiger partial charge in [0.2, 0.25) is 0 Å². The quantitative estimate of drug-likeness (QED) is 0.124. The Morgan fingerprint density at radius 1 is 0.750 bits per heavy atom. The summed E-state index contributed by atoms with van der Waals surface area (Å²) in [4.78, 5) is 8.89. The van der Waals surface area contributed by atoms with Gasteiger partial charge < -0.3 is 0 Å². The zero-order chi connectivity index (χ0) is 30.1. The summed E-state index contributed by atoms with van der Waals surface area (Å²) in [6, 6.07) is 25.8. The van der Waals surface area contributed by atoms with Crippen molar-refractivity contribution in [3.8, 4) is 11.3 Å². The van der Waals surface area contributed by atoms with Crippen molar-refractivity contribution in [3.63, 3.8) is 0 Å². The fraction of sp³-hybridized carbons (Fsp3) is 0.0952. The van der Waals surface area contributed by atoms with E-state index >= 15 is 0 Å². The number of hydrogen-bond acceptors (Lipinski definition) is 2. The Morgan fingerprint density at radius 3 is 2.02 bits per heavy atom. The molecule has 0 aliphatic heterocycles. The molecule has 1 atom stereocenters. The molecule has 5 aromatic rings. The van der Waals surface area contributed by atoms with Crippen LogP contribution < -0.4 is 0 Å².